The highest BCUT2D eigenvalue weighted by molar-refractivity contribution is 5.91. The number of rotatable bonds is 4. The van der Waals surface area contributed by atoms with Crippen molar-refractivity contribution in [3.63, 3.8) is 0 Å². The van der Waals surface area contributed by atoms with Crippen LogP contribution in [0.25, 0.3) is 0 Å². The van der Waals surface area contributed by atoms with E-state index in [1.165, 1.54) is 0 Å². The van der Waals surface area contributed by atoms with Crippen LogP contribution in [-0.2, 0) is 16.1 Å². The Hall–Kier alpha value is -1.91. The highest BCUT2D eigenvalue weighted by Crippen LogP contribution is 2.58. The van der Waals surface area contributed by atoms with Gasteiger partial charge in [-0.1, -0.05) is 19.9 Å². The first-order valence-corrected chi connectivity index (χ1v) is 6.22. The minimum atomic E-state index is -0.891. The van der Waals surface area contributed by atoms with E-state index in [2.05, 4.69) is 4.98 Å². The number of aliphatic carboxylic acids is 1. The lowest BCUT2D eigenvalue weighted by atomic mass is 10.1. The summed E-state index contributed by atoms with van der Waals surface area (Å²) < 4.78 is 0. The Morgan fingerprint density at radius 3 is 2.58 bits per heavy atom. The van der Waals surface area contributed by atoms with Crippen LogP contribution in [0.3, 0.4) is 0 Å². The number of carbonyl (C=O) groups is 2. The van der Waals surface area contributed by atoms with Gasteiger partial charge >= 0.3 is 5.97 Å². The lowest BCUT2D eigenvalue weighted by molar-refractivity contribution is -0.141. The molecule has 1 aliphatic rings. The average molecular weight is 262 g/mol. The molecular weight excluding hydrogens is 244 g/mol. The molecule has 19 heavy (non-hydrogen) atoms. The molecule has 2 unspecified atom stereocenters. The van der Waals surface area contributed by atoms with E-state index in [0.717, 1.165) is 5.56 Å². The average Bonchev–Trinajstić information content (AvgIpc) is 2.92. The van der Waals surface area contributed by atoms with Gasteiger partial charge in [-0.05, 0) is 17.0 Å². The fraction of sp³-hybridized carbons (Fsp3) is 0.500. The molecule has 5 nitrogen and oxygen atoms in total. The molecule has 1 aromatic rings. The van der Waals surface area contributed by atoms with Crippen LogP contribution in [-0.4, -0.2) is 33.9 Å². The molecule has 2 rings (SSSR count). The first-order chi connectivity index (χ1) is 8.85. The SMILES string of the molecule is CN(Cc1cccnc1)C(=O)C1C(C(=O)O)C1(C)C. The van der Waals surface area contributed by atoms with Crippen molar-refractivity contribution in [2.24, 2.45) is 17.3 Å². The number of pyridine rings is 1. The van der Waals surface area contributed by atoms with Crippen molar-refractivity contribution >= 4 is 11.9 Å². The minimum Gasteiger partial charge on any atom is -0.481 e. The molecule has 0 saturated heterocycles. The van der Waals surface area contributed by atoms with Gasteiger partial charge in [-0.2, -0.15) is 0 Å². The van der Waals surface area contributed by atoms with Crippen molar-refractivity contribution < 1.29 is 14.7 Å². The molecule has 1 heterocycles. The Labute approximate surface area is 112 Å². The second kappa shape index (κ2) is 4.64. The van der Waals surface area contributed by atoms with Gasteiger partial charge in [-0.3, -0.25) is 14.6 Å². The molecule has 102 valence electrons. The van der Waals surface area contributed by atoms with Gasteiger partial charge in [0.1, 0.15) is 0 Å². The van der Waals surface area contributed by atoms with Crippen molar-refractivity contribution in [1.82, 2.24) is 9.88 Å². The summed E-state index contributed by atoms with van der Waals surface area (Å²) in [6, 6.07) is 3.71. The zero-order valence-electron chi connectivity index (χ0n) is 11.3. The van der Waals surface area contributed by atoms with Crippen molar-refractivity contribution in [2.45, 2.75) is 20.4 Å². The number of carboxylic acid groups (broad SMARTS) is 1. The maximum absolute atomic E-state index is 12.3. The first kappa shape index (κ1) is 13.5. The number of nitrogens with zero attached hydrogens (tertiary/aromatic N) is 2. The molecule has 1 N–H and O–H groups in total. The fourth-order valence-corrected chi connectivity index (χ4v) is 2.64. The molecule has 0 aliphatic heterocycles. The summed E-state index contributed by atoms with van der Waals surface area (Å²) in [4.78, 5) is 28.9. The second-order valence-electron chi connectivity index (χ2n) is 5.67. The van der Waals surface area contributed by atoms with Crippen molar-refractivity contribution in [3.05, 3.63) is 30.1 Å². The van der Waals surface area contributed by atoms with E-state index in [1.54, 1.807) is 24.3 Å². The molecule has 1 amide bonds. The highest BCUT2D eigenvalue weighted by atomic mass is 16.4. The van der Waals surface area contributed by atoms with Crippen molar-refractivity contribution in [2.75, 3.05) is 7.05 Å². The summed E-state index contributed by atoms with van der Waals surface area (Å²) in [6.07, 6.45) is 3.38. The summed E-state index contributed by atoms with van der Waals surface area (Å²) in [7, 11) is 1.70. The van der Waals surface area contributed by atoms with E-state index in [9.17, 15) is 9.59 Å². The van der Waals surface area contributed by atoms with Crippen molar-refractivity contribution in [1.29, 1.82) is 0 Å². The molecule has 0 bridgehead atoms. The van der Waals surface area contributed by atoms with Crippen LogP contribution in [0.4, 0.5) is 0 Å². The highest BCUT2D eigenvalue weighted by Gasteiger charge is 2.66. The summed E-state index contributed by atoms with van der Waals surface area (Å²) in [5, 5.41) is 9.10. The molecule has 1 aliphatic carbocycles. The van der Waals surface area contributed by atoms with E-state index in [-0.39, 0.29) is 5.91 Å². The molecule has 1 saturated carbocycles. The van der Waals surface area contributed by atoms with Crippen LogP contribution in [0.2, 0.25) is 0 Å². The number of amides is 1. The van der Waals surface area contributed by atoms with E-state index < -0.39 is 23.2 Å². The Balaban J connectivity index is 2.03. The predicted molar refractivity (Wildman–Crippen MR) is 69.1 cm³/mol. The number of carboxylic acids is 1. The van der Waals surface area contributed by atoms with Gasteiger partial charge in [0.05, 0.1) is 11.8 Å². The smallest absolute Gasteiger partial charge is 0.307 e. The van der Waals surface area contributed by atoms with Gasteiger partial charge in [-0.15, -0.1) is 0 Å². The normalized spacial score (nSPS) is 23.7. The van der Waals surface area contributed by atoms with Crippen LogP contribution in [0.5, 0.6) is 0 Å². The Morgan fingerprint density at radius 2 is 2.11 bits per heavy atom. The van der Waals surface area contributed by atoms with Crippen LogP contribution < -0.4 is 0 Å². The molecule has 2 atom stereocenters. The number of carbonyl (C=O) groups excluding carboxylic acids is 1. The van der Waals surface area contributed by atoms with Gasteiger partial charge in [-0.25, -0.2) is 0 Å². The van der Waals surface area contributed by atoms with Gasteiger partial charge in [0.25, 0.3) is 0 Å². The molecule has 0 aromatic carbocycles. The molecule has 1 aromatic heterocycles. The Morgan fingerprint density at radius 1 is 1.42 bits per heavy atom. The number of hydrogen-bond donors (Lipinski definition) is 1. The minimum absolute atomic E-state index is 0.110. The first-order valence-electron chi connectivity index (χ1n) is 6.22. The number of hydrogen-bond acceptors (Lipinski definition) is 3. The Bertz CT molecular complexity index is 499. The Kier molecular flexibility index (Phi) is 3.30. The van der Waals surface area contributed by atoms with Crippen LogP contribution in [0.1, 0.15) is 19.4 Å². The van der Waals surface area contributed by atoms with Gasteiger partial charge in [0.2, 0.25) is 5.91 Å². The van der Waals surface area contributed by atoms with Gasteiger partial charge in [0.15, 0.2) is 0 Å². The molecule has 1 fully saturated rings. The van der Waals surface area contributed by atoms with E-state index >= 15 is 0 Å². The summed E-state index contributed by atoms with van der Waals surface area (Å²) in [5.41, 5.74) is 0.482. The van der Waals surface area contributed by atoms with Gasteiger partial charge in [0, 0.05) is 26.0 Å². The van der Waals surface area contributed by atoms with E-state index in [4.69, 9.17) is 5.11 Å². The molecule has 0 radical (unpaired) electrons. The third kappa shape index (κ3) is 2.45. The standard InChI is InChI=1S/C14H18N2O3/c1-14(2)10(11(14)13(18)19)12(17)16(3)8-9-5-4-6-15-7-9/h4-7,10-11H,8H2,1-3H3,(H,18,19). The van der Waals surface area contributed by atoms with Crippen LogP contribution in [0, 0.1) is 17.3 Å². The lowest BCUT2D eigenvalue weighted by Gasteiger charge is -2.17. The van der Waals surface area contributed by atoms with Crippen LogP contribution >= 0.6 is 0 Å². The second-order valence-corrected chi connectivity index (χ2v) is 5.67. The summed E-state index contributed by atoms with van der Waals surface area (Å²) in [5.74, 6) is -2.00. The topological polar surface area (TPSA) is 70.5 Å². The zero-order valence-corrected chi connectivity index (χ0v) is 11.3. The summed E-state index contributed by atoms with van der Waals surface area (Å²) in [6.45, 7) is 4.10. The number of aromatic nitrogens is 1. The van der Waals surface area contributed by atoms with Crippen LogP contribution in [0.15, 0.2) is 24.5 Å². The fourth-order valence-electron chi connectivity index (χ4n) is 2.64. The van der Waals surface area contributed by atoms with E-state index in [0.29, 0.717) is 6.54 Å². The van der Waals surface area contributed by atoms with Gasteiger partial charge < -0.3 is 10.0 Å². The molecular formula is C14H18N2O3. The zero-order chi connectivity index (χ0) is 14.2. The maximum Gasteiger partial charge on any atom is 0.307 e. The summed E-state index contributed by atoms with van der Waals surface area (Å²) >= 11 is 0. The lowest BCUT2D eigenvalue weighted by Crippen LogP contribution is -2.29. The monoisotopic (exact) mass is 262 g/mol. The quantitative estimate of drug-likeness (QED) is 0.890. The molecule has 5 heteroatoms. The third-order valence-electron chi connectivity index (χ3n) is 3.88. The van der Waals surface area contributed by atoms with E-state index in [1.807, 2.05) is 26.0 Å². The molecule has 0 spiro atoms. The third-order valence-corrected chi connectivity index (χ3v) is 3.88. The largest absolute Gasteiger partial charge is 0.481 e. The van der Waals surface area contributed by atoms with Crippen molar-refractivity contribution in [3.8, 4) is 0 Å². The predicted octanol–water partition coefficient (Wildman–Crippen LogP) is 1.40. The maximum atomic E-state index is 12.3.